The molecule has 1 N–H and O–H groups in total. The summed E-state index contributed by atoms with van der Waals surface area (Å²) in [6, 6.07) is 17.1. The molecule has 2 aromatic carbocycles. The van der Waals surface area contributed by atoms with E-state index in [2.05, 4.69) is 4.98 Å². The highest BCUT2D eigenvalue weighted by atomic mass is 32.1. The van der Waals surface area contributed by atoms with Crippen molar-refractivity contribution in [2.75, 3.05) is 0 Å². The van der Waals surface area contributed by atoms with Crippen LogP contribution in [-0.2, 0) is 4.79 Å². The summed E-state index contributed by atoms with van der Waals surface area (Å²) in [5, 5.41) is 11.6. The number of thiophene rings is 1. The van der Waals surface area contributed by atoms with Crippen LogP contribution in [0.4, 0.5) is 0 Å². The smallest absolute Gasteiger partial charge is 0.326 e. The minimum absolute atomic E-state index is 0.335. The van der Waals surface area contributed by atoms with E-state index in [1.54, 1.807) is 0 Å². The molecule has 0 aliphatic rings. The van der Waals surface area contributed by atoms with Gasteiger partial charge in [-0.3, -0.25) is 9.36 Å². The van der Waals surface area contributed by atoms with E-state index in [9.17, 15) is 14.7 Å². The van der Waals surface area contributed by atoms with Crippen LogP contribution in [0.15, 0.2) is 71.1 Å². The van der Waals surface area contributed by atoms with E-state index in [-0.39, 0.29) is 5.56 Å². The zero-order valence-corrected chi connectivity index (χ0v) is 15.3. The fourth-order valence-electron chi connectivity index (χ4n) is 3.03. The molecule has 5 nitrogen and oxygen atoms in total. The Labute approximate surface area is 159 Å². The number of carbonyl (C=O) groups is 1. The lowest BCUT2D eigenvalue weighted by Crippen LogP contribution is -2.28. The van der Waals surface area contributed by atoms with Gasteiger partial charge in [-0.2, -0.15) is 0 Å². The van der Waals surface area contributed by atoms with Crippen molar-refractivity contribution in [3.63, 3.8) is 0 Å². The topological polar surface area (TPSA) is 72.2 Å². The number of carboxylic acid groups (broad SMARTS) is 1. The van der Waals surface area contributed by atoms with Crippen LogP contribution < -0.4 is 5.56 Å². The average molecular weight is 376 g/mol. The predicted octanol–water partition coefficient (Wildman–Crippen LogP) is 4.44. The van der Waals surface area contributed by atoms with Gasteiger partial charge < -0.3 is 5.11 Å². The Kier molecular flexibility index (Phi) is 4.33. The molecule has 6 heteroatoms. The molecule has 4 aromatic rings. The van der Waals surface area contributed by atoms with Crippen LogP contribution in [0.5, 0.6) is 0 Å². The van der Waals surface area contributed by atoms with Gasteiger partial charge in [-0.05, 0) is 23.6 Å². The summed E-state index contributed by atoms with van der Waals surface area (Å²) in [5.74, 6) is -1.07. The largest absolute Gasteiger partial charge is 0.480 e. The number of nitrogens with zero attached hydrogens (tertiary/aromatic N) is 2. The third-order valence-electron chi connectivity index (χ3n) is 4.60. The van der Waals surface area contributed by atoms with Crippen LogP contribution >= 0.6 is 11.3 Å². The molecule has 0 saturated carbocycles. The van der Waals surface area contributed by atoms with Crippen molar-refractivity contribution in [1.82, 2.24) is 9.55 Å². The second-order valence-electron chi connectivity index (χ2n) is 6.24. The summed E-state index contributed by atoms with van der Waals surface area (Å²) in [4.78, 5) is 29.0. The molecule has 134 valence electrons. The molecule has 0 aliphatic carbocycles. The Morgan fingerprint density at radius 3 is 2.33 bits per heavy atom. The molecule has 0 bridgehead atoms. The van der Waals surface area contributed by atoms with E-state index in [1.165, 1.54) is 29.2 Å². The molecule has 0 saturated heterocycles. The first-order chi connectivity index (χ1) is 13.1. The van der Waals surface area contributed by atoms with Crippen LogP contribution in [0.1, 0.15) is 13.0 Å². The summed E-state index contributed by atoms with van der Waals surface area (Å²) in [5.41, 5.74) is 3.56. The highest BCUT2D eigenvalue weighted by molar-refractivity contribution is 7.17. The van der Waals surface area contributed by atoms with Gasteiger partial charge in [0.1, 0.15) is 10.9 Å². The van der Waals surface area contributed by atoms with E-state index in [0.717, 1.165) is 22.3 Å². The van der Waals surface area contributed by atoms with Gasteiger partial charge in [0, 0.05) is 10.9 Å². The predicted molar refractivity (Wildman–Crippen MR) is 107 cm³/mol. The maximum atomic E-state index is 12.9. The zero-order valence-electron chi connectivity index (χ0n) is 14.5. The SMILES string of the molecule is CC(C(=O)O)n1cnc2scc(-c3ccc(-c4ccccc4)cc3)c2c1=O. The number of fused-ring (bicyclic) bond motifs is 1. The van der Waals surface area contributed by atoms with Crippen molar-refractivity contribution in [3.05, 3.63) is 76.7 Å². The summed E-state index contributed by atoms with van der Waals surface area (Å²) in [6.07, 6.45) is 1.31. The zero-order chi connectivity index (χ0) is 19.0. The first-order valence-electron chi connectivity index (χ1n) is 8.43. The molecular formula is C21H16N2O3S. The number of aromatic nitrogens is 2. The molecule has 0 amide bonds. The third kappa shape index (κ3) is 3.04. The minimum Gasteiger partial charge on any atom is -0.480 e. The van der Waals surface area contributed by atoms with Crippen molar-refractivity contribution in [3.8, 4) is 22.3 Å². The quantitative estimate of drug-likeness (QED) is 0.572. The van der Waals surface area contributed by atoms with E-state index in [0.29, 0.717) is 10.2 Å². The van der Waals surface area contributed by atoms with E-state index < -0.39 is 12.0 Å². The number of carboxylic acids is 1. The third-order valence-corrected chi connectivity index (χ3v) is 5.48. The van der Waals surface area contributed by atoms with E-state index in [4.69, 9.17) is 0 Å². The van der Waals surface area contributed by atoms with Crippen molar-refractivity contribution in [1.29, 1.82) is 0 Å². The number of rotatable bonds is 4. The molecule has 0 radical (unpaired) electrons. The second kappa shape index (κ2) is 6.81. The van der Waals surface area contributed by atoms with E-state index >= 15 is 0 Å². The Morgan fingerprint density at radius 2 is 1.67 bits per heavy atom. The molecule has 0 fully saturated rings. The first-order valence-corrected chi connectivity index (χ1v) is 9.31. The van der Waals surface area contributed by atoms with Crippen LogP contribution in [0, 0.1) is 0 Å². The second-order valence-corrected chi connectivity index (χ2v) is 7.10. The maximum absolute atomic E-state index is 12.9. The van der Waals surface area contributed by atoms with Gasteiger partial charge in [-0.25, -0.2) is 9.78 Å². The van der Waals surface area contributed by atoms with Crippen molar-refractivity contribution in [2.24, 2.45) is 0 Å². The molecule has 1 unspecified atom stereocenters. The minimum atomic E-state index is -1.07. The highest BCUT2D eigenvalue weighted by Crippen LogP contribution is 2.32. The Bertz CT molecular complexity index is 1180. The van der Waals surface area contributed by atoms with Crippen molar-refractivity contribution >= 4 is 27.5 Å². The Balaban J connectivity index is 1.81. The standard InChI is InChI=1S/C21H16N2O3S/c1-13(21(25)26)23-12-22-19-18(20(23)24)17(11-27-19)16-9-7-15(8-10-16)14-5-3-2-4-6-14/h2-13H,1H3,(H,25,26). The normalized spacial score (nSPS) is 12.2. The summed E-state index contributed by atoms with van der Waals surface area (Å²) in [7, 11) is 0. The highest BCUT2D eigenvalue weighted by Gasteiger charge is 2.19. The molecular weight excluding hydrogens is 360 g/mol. The number of aliphatic carboxylic acids is 1. The van der Waals surface area contributed by atoms with Crippen molar-refractivity contribution < 1.29 is 9.90 Å². The monoisotopic (exact) mass is 376 g/mol. The molecule has 0 spiro atoms. The number of hydrogen-bond donors (Lipinski definition) is 1. The fourth-order valence-corrected chi connectivity index (χ4v) is 3.93. The lowest BCUT2D eigenvalue weighted by atomic mass is 10.0. The molecule has 27 heavy (non-hydrogen) atoms. The lowest BCUT2D eigenvalue weighted by molar-refractivity contribution is -0.140. The van der Waals surface area contributed by atoms with Gasteiger partial charge in [-0.15, -0.1) is 11.3 Å². The summed E-state index contributed by atoms with van der Waals surface area (Å²) < 4.78 is 1.17. The Morgan fingerprint density at radius 1 is 1.04 bits per heavy atom. The van der Waals surface area contributed by atoms with Crippen LogP contribution in [0.25, 0.3) is 32.5 Å². The van der Waals surface area contributed by atoms with Crippen LogP contribution in [0.3, 0.4) is 0 Å². The molecule has 0 aliphatic heterocycles. The maximum Gasteiger partial charge on any atom is 0.326 e. The molecule has 2 heterocycles. The fraction of sp³-hybridized carbons (Fsp3) is 0.0952. The van der Waals surface area contributed by atoms with Gasteiger partial charge in [0.05, 0.1) is 11.7 Å². The van der Waals surface area contributed by atoms with Crippen LogP contribution in [-0.4, -0.2) is 20.6 Å². The van der Waals surface area contributed by atoms with Gasteiger partial charge in [0.15, 0.2) is 0 Å². The van der Waals surface area contributed by atoms with Gasteiger partial charge in [0.2, 0.25) is 0 Å². The Hall–Kier alpha value is -3.25. The molecule has 4 rings (SSSR count). The van der Waals surface area contributed by atoms with E-state index in [1.807, 2.05) is 60.0 Å². The summed E-state index contributed by atoms with van der Waals surface area (Å²) >= 11 is 1.38. The van der Waals surface area contributed by atoms with Crippen LogP contribution in [0.2, 0.25) is 0 Å². The first kappa shape index (κ1) is 17.2. The molecule has 1 atom stereocenters. The molecule has 2 aromatic heterocycles. The average Bonchev–Trinajstić information content (AvgIpc) is 3.13. The van der Waals surface area contributed by atoms with Gasteiger partial charge in [0.25, 0.3) is 5.56 Å². The van der Waals surface area contributed by atoms with Gasteiger partial charge in [-0.1, -0.05) is 54.6 Å². The van der Waals surface area contributed by atoms with Crippen molar-refractivity contribution in [2.45, 2.75) is 13.0 Å². The lowest BCUT2D eigenvalue weighted by Gasteiger charge is -2.10. The summed E-state index contributed by atoms with van der Waals surface area (Å²) in [6.45, 7) is 1.47. The number of hydrogen-bond acceptors (Lipinski definition) is 4. The number of benzene rings is 2. The van der Waals surface area contributed by atoms with Gasteiger partial charge >= 0.3 is 5.97 Å².